The maximum Gasteiger partial charge on any atom is 0.189 e. The van der Waals surface area contributed by atoms with Gasteiger partial charge in [0.25, 0.3) is 0 Å². The summed E-state index contributed by atoms with van der Waals surface area (Å²) in [5.74, 6) is 0.443. The smallest absolute Gasteiger partial charge is 0.189 e. The van der Waals surface area contributed by atoms with Gasteiger partial charge in [-0.1, -0.05) is 46.3 Å². The number of aliphatic imine (C=N–C) groups is 1. The van der Waals surface area contributed by atoms with E-state index in [0.29, 0.717) is 19.0 Å². The highest BCUT2D eigenvalue weighted by atomic mass is 79.9. The van der Waals surface area contributed by atoms with Crippen LogP contribution in [0.1, 0.15) is 12.5 Å². The van der Waals surface area contributed by atoms with Crippen LogP contribution in [0.25, 0.3) is 0 Å². The van der Waals surface area contributed by atoms with Crippen LogP contribution in [0.15, 0.2) is 45.9 Å². The summed E-state index contributed by atoms with van der Waals surface area (Å²) in [6.07, 6.45) is 0. The van der Waals surface area contributed by atoms with Crippen molar-refractivity contribution in [3.05, 3.63) is 46.5 Å². The van der Waals surface area contributed by atoms with Crippen LogP contribution in [0.4, 0.5) is 0 Å². The van der Waals surface area contributed by atoms with Crippen molar-refractivity contribution < 1.29 is 0 Å². The molecule has 0 unspecified atom stereocenters. The predicted molar refractivity (Wildman–Crippen MR) is 72.3 cm³/mol. The van der Waals surface area contributed by atoms with Crippen LogP contribution in [-0.4, -0.2) is 12.5 Å². The number of hydrogen-bond acceptors (Lipinski definition) is 1. The summed E-state index contributed by atoms with van der Waals surface area (Å²) in [5.41, 5.74) is 7.84. The first-order valence-electron chi connectivity index (χ1n) is 5.01. The molecule has 0 aliphatic rings. The lowest BCUT2D eigenvalue weighted by Crippen LogP contribution is -2.32. The van der Waals surface area contributed by atoms with Crippen LogP contribution < -0.4 is 11.1 Å². The first-order valence-corrected chi connectivity index (χ1v) is 5.80. The molecule has 0 aliphatic heterocycles. The molecule has 3 nitrogen and oxygen atoms in total. The first-order chi connectivity index (χ1) is 7.59. The van der Waals surface area contributed by atoms with Crippen LogP contribution in [-0.2, 0) is 6.54 Å². The minimum Gasteiger partial charge on any atom is -0.370 e. The van der Waals surface area contributed by atoms with Gasteiger partial charge in [-0.15, -0.1) is 0 Å². The van der Waals surface area contributed by atoms with Crippen LogP contribution in [0.5, 0.6) is 0 Å². The number of guanidine groups is 1. The van der Waals surface area contributed by atoms with E-state index in [1.54, 1.807) is 0 Å². The number of benzene rings is 1. The third-order valence-corrected chi connectivity index (χ3v) is 2.72. The predicted octanol–water partition coefficient (Wildman–Crippen LogP) is 2.43. The maximum absolute atomic E-state index is 5.70. The molecule has 1 rings (SSSR count). The summed E-state index contributed by atoms with van der Waals surface area (Å²) in [6.45, 7) is 6.94. The summed E-state index contributed by atoms with van der Waals surface area (Å²) in [7, 11) is 0. The fourth-order valence-electron chi connectivity index (χ4n) is 1.09. The molecular formula is C12H16BrN3. The van der Waals surface area contributed by atoms with Crippen LogP contribution >= 0.6 is 15.9 Å². The van der Waals surface area contributed by atoms with Crippen molar-refractivity contribution in [1.82, 2.24) is 5.32 Å². The average Bonchev–Trinajstić information content (AvgIpc) is 2.25. The van der Waals surface area contributed by atoms with E-state index >= 15 is 0 Å². The minimum absolute atomic E-state index is 0.443. The monoisotopic (exact) mass is 281 g/mol. The molecule has 3 N–H and O–H groups in total. The average molecular weight is 282 g/mol. The van der Waals surface area contributed by atoms with E-state index in [9.17, 15) is 0 Å². The van der Waals surface area contributed by atoms with Gasteiger partial charge in [0.2, 0.25) is 0 Å². The Bertz CT molecular complexity index is 399. The minimum atomic E-state index is 0.443. The van der Waals surface area contributed by atoms with E-state index in [1.165, 1.54) is 0 Å². The molecule has 0 fully saturated rings. The molecule has 0 atom stereocenters. The van der Waals surface area contributed by atoms with E-state index in [2.05, 4.69) is 32.8 Å². The van der Waals surface area contributed by atoms with Crippen molar-refractivity contribution in [3.8, 4) is 0 Å². The summed E-state index contributed by atoms with van der Waals surface area (Å²) in [4.78, 5) is 4.24. The molecule has 0 saturated heterocycles. The molecule has 0 radical (unpaired) electrons. The molecule has 0 spiro atoms. The highest BCUT2D eigenvalue weighted by molar-refractivity contribution is 9.10. The third kappa shape index (κ3) is 4.49. The van der Waals surface area contributed by atoms with Crippen LogP contribution in [0.3, 0.4) is 0 Å². The number of nitrogens with one attached hydrogen (secondary N) is 1. The lowest BCUT2D eigenvalue weighted by Gasteiger charge is -2.05. The molecule has 0 bridgehead atoms. The molecule has 0 saturated carbocycles. The standard InChI is InChI=1S/C12H16BrN3/c1-9(2)7-15-12(14)16-8-10-5-3-4-6-11(10)13/h3-6H,1,7-8H2,2H3,(H3,14,15,16). The number of hydrogen-bond donors (Lipinski definition) is 2. The summed E-state index contributed by atoms with van der Waals surface area (Å²) in [6, 6.07) is 7.95. The molecular weight excluding hydrogens is 266 g/mol. The number of nitrogens with two attached hydrogens (primary N) is 1. The van der Waals surface area contributed by atoms with Gasteiger partial charge < -0.3 is 11.1 Å². The van der Waals surface area contributed by atoms with Crippen LogP contribution in [0, 0.1) is 0 Å². The second kappa shape index (κ2) is 6.33. The van der Waals surface area contributed by atoms with Gasteiger partial charge in [-0.25, -0.2) is 4.99 Å². The SMILES string of the molecule is C=C(C)CNC(N)=NCc1ccccc1Br. The largest absolute Gasteiger partial charge is 0.370 e. The molecule has 1 aromatic carbocycles. The van der Waals surface area contributed by atoms with Gasteiger partial charge in [-0.05, 0) is 18.6 Å². The number of halogens is 1. The molecule has 0 aliphatic carbocycles. The van der Waals surface area contributed by atoms with E-state index < -0.39 is 0 Å². The molecule has 1 aromatic rings. The van der Waals surface area contributed by atoms with Gasteiger partial charge in [0.15, 0.2) is 5.96 Å². The van der Waals surface area contributed by atoms with Gasteiger partial charge in [0.1, 0.15) is 0 Å². The Morgan fingerprint density at radius 2 is 2.19 bits per heavy atom. The van der Waals surface area contributed by atoms with Crippen molar-refractivity contribution in [2.24, 2.45) is 10.7 Å². The maximum atomic E-state index is 5.70. The molecule has 4 heteroatoms. The van der Waals surface area contributed by atoms with Crippen molar-refractivity contribution in [2.45, 2.75) is 13.5 Å². The van der Waals surface area contributed by atoms with Gasteiger partial charge in [-0.2, -0.15) is 0 Å². The van der Waals surface area contributed by atoms with Crippen molar-refractivity contribution in [1.29, 1.82) is 0 Å². The molecule has 0 aromatic heterocycles. The lowest BCUT2D eigenvalue weighted by atomic mass is 10.2. The fourth-order valence-corrected chi connectivity index (χ4v) is 1.50. The second-order valence-corrected chi connectivity index (χ2v) is 4.46. The Hall–Kier alpha value is -1.29. The van der Waals surface area contributed by atoms with Crippen LogP contribution in [0.2, 0.25) is 0 Å². The Balaban J connectivity index is 2.52. The van der Waals surface area contributed by atoms with Gasteiger partial charge in [0.05, 0.1) is 6.54 Å². The zero-order valence-corrected chi connectivity index (χ0v) is 10.9. The van der Waals surface area contributed by atoms with E-state index in [0.717, 1.165) is 15.6 Å². The Morgan fingerprint density at radius 1 is 1.50 bits per heavy atom. The molecule has 0 heterocycles. The second-order valence-electron chi connectivity index (χ2n) is 3.60. The zero-order chi connectivity index (χ0) is 12.0. The van der Waals surface area contributed by atoms with E-state index in [1.807, 2.05) is 31.2 Å². The van der Waals surface area contributed by atoms with E-state index in [-0.39, 0.29) is 0 Å². The summed E-state index contributed by atoms with van der Waals surface area (Å²) >= 11 is 3.46. The molecule has 0 amide bonds. The quantitative estimate of drug-likeness (QED) is 0.506. The highest BCUT2D eigenvalue weighted by Gasteiger charge is 1.97. The van der Waals surface area contributed by atoms with Crippen molar-refractivity contribution in [2.75, 3.05) is 6.54 Å². The Kier molecular flexibility index (Phi) is 5.05. The van der Waals surface area contributed by atoms with Crippen molar-refractivity contribution in [3.63, 3.8) is 0 Å². The van der Waals surface area contributed by atoms with Crippen molar-refractivity contribution >= 4 is 21.9 Å². The van der Waals surface area contributed by atoms with Gasteiger partial charge >= 0.3 is 0 Å². The summed E-state index contributed by atoms with van der Waals surface area (Å²) in [5, 5.41) is 2.98. The number of rotatable bonds is 4. The fraction of sp³-hybridized carbons (Fsp3) is 0.250. The molecule has 86 valence electrons. The zero-order valence-electron chi connectivity index (χ0n) is 9.33. The normalized spacial score (nSPS) is 11.2. The molecule has 16 heavy (non-hydrogen) atoms. The Labute approximate surface area is 105 Å². The highest BCUT2D eigenvalue weighted by Crippen LogP contribution is 2.16. The summed E-state index contributed by atoms with van der Waals surface area (Å²) < 4.78 is 1.05. The Morgan fingerprint density at radius 3 is 2.81 bits per heavy atom. The van der Waals surface area contributed by atoms with E-state index in [4.69, 9.17) is 5.73 Å². The first kappa shape index (κ1) is 12.8. The topological polar surface area (TPSA) is 50.4 Å². The van der Waals surface area contributed by atoms with Gasteiger partial charge in [-0.3, -0.25) is 0 Å². The third-order valence-electron chi connectivity index (χ3n) is 1.95. The number of nitrogens with zero attached hydrogens (tertiary/aromatic N) is 1. The van der Waals surface area contributed by atoms with Gasteiger partial charge in [0, 0.05) is 11.0 Å². The lowest BCUT2D eigenvalue weighted by molar-refractivity contribution is 0.938.